The van der Waals surface area contributed by atoms with Gasteiger partial charge in [0.25, 0.3) is 0 Å². The Morgan fingerprint density at radius 2 is 2.27 bits per heavy atom. The van der Waals surface area contributed by atoms with Gasteiger partial charge in [-0.25, -0.2) is 4.79 Å². The average molecular weight is 248 g/mol. The molecule has 3 nitrogen and oxygen atoms in total. The number of hydrogen-bond acceptors (Lipinski definition) is 1. The average Bonchev–Trinajstić information content (AvgIpc) is 2.17. The molecule has 1 amide bonds. The molecule has 0 bridgehead atoms. The lowest BCUT2D eigenvalue weighted by atomic mass is 10.3. The first-order chi connectivity index (χ1) is 7.06. The van der Waals surface area contributed by atoms with E-state index in [1.165, 1.54) is 0 Å². The van der Waals surface area contributed by atoms with Crippen LogP contribution in [0, 0.1) is 0 Å². The van der Waals surface area contributed by atoms with Gasteiger partial charge in [0.1, 0.15) is 5.50 Å². The number of halogens is 2. The lowest BCUT2D eigenvalue weighted by Crippen LogP contribution is -2.35. The van der Waals surface area contributed by atoms with Crippen molar-refractivity contribution in [1.29, 1.82) is 0 Å². The van der Waals surface area contributed by atoms with E-state index >= 15 is 0 Å². The van der Waals surface area contributed by atoms with Crippen LogP contribution in [-0.4, -0.2) is 16.7 Å². The van der Waals surface area contributed by atoms with Gasteiger partial charge in [0.05, 0.1) is 5.69 Å². The van der Waals surface area contributed by atoms with Gasteiger partial charge in [-0.1, -0.05) is 36.2 Å². The number of alkyl halides is 1. The molecule has 0 spiro atoms. The Hall–Kier alpha value is -0.930. The number of nitrogens with zero attached hydrogens (tertiary/aromatic N) is 1. The zero-order chi connectivity index (χ0) is 11.4. The molecule has 0 aliphatic rings. The van der Waals surface area contributed by atoms with Crippen LogP contribution in [0.1, 0.15) is 13.3 Å². The molecule has 1 unspecified atom stereocenters. The molecule has 15 heavy (non-hydrogen) atoms. The summed E-state index contributed by atoms with van der Waals surface area (Å²) in [5, 5.41) is 9.50. The molecular weight excluding hydrogens is 237 g/mol. The number of rotatable bonds is 3. The van der Waals surface area contributed by atoms with E-state index in [2.05, 4.69) is 0 Å². The number of anilines is 1. The highest BCUT2D eigenvalue weighted by molar-refractivity contribution is 6.31. The highest BCUT2D eigenvalue weighted by Crippen LogP contribution is 2.24. The van der Waals surface area contributed by atoms with Gasteiger partial charge >= 0.3 is 6.09 Å². The zero-order valence-electron chi connectivity index (χ0n) is 8.15. The third-order valence-electron chi connectivity index (χ3n) is 1.91. The van der Waals surface area contributed by atoms with Gasteiger partial charge in [-0.3, -0.25) is 4.90 Å². The Balaban J connectivity index is 3.04. The lowest BCUT2D eigenvalue weighted by molar-refractivity contribution is 0.201. The van der Waals surface area contributed by atoms with Crippen molar-refractivity contribution in [3.05, 3.63) is 29.3 Å². The van der Waals surface area contributed by atoms with E-state index in [4.69, 9.17) is 28.3 Å². The predicted molar refractivity (Wildman–Crippen MR) is 61.9 cm³/mol. The van der Waals surface area contributed by atoms with Crippen LogP contribution in [0.25, 0.3) is 0 Å². The van der Waals surface area contributed by atoms with Crippen molar-refractivity contribution in [1.82, 2.24) is 0 Å². The molecule has 0 aromatic heterocycles. The van der Waals surface area contributed by atoms with Crippen molar-refractivity contribution in [2.75, 3.05) is 4.90 Å². The fourth-order valence-electron chi connectivity index (χ4n) is 1.20. The summed E-state index contributed by atoms with van der Waals surface area (Å²) >= 11 is 11.7. The second-order valence-corrected chi connectivity index (χ2v) is 3.92. The van der Waals surface area contributed by atoms with Crippen LogP contribution in [0.4, 0.5) is 10.5 Å². The van der Waals surface area contributed by atoms with E-state index < -0.39 is 11.6 Å². The van der Waals surface area contributed by atoms with Crippen LogP contribution in [0.5, 0.6) is 0 Å². The first kappa shape index (κ1) is 12.1. The van der Waals surface area contributed by atoms with Crippen molar-refractivity contribution in [3.63, 3.8) is 0 Å². The fraction of sp³-hybridized carbons (Fsp3) is 0.300. The van der Waals surface area contributed by atoms with Crippen LogP contribution in [0.3, 0.4) is 0 Å². The summed E-state index contributed by atoms with van der Waals surface area (Å²) in [5.41, 5.74) is -0.0992. The van der Waals surface area contributed by atoms with Gasteiger partial charge in [0, 0.05) is 5.02 Å². The maximum absolute atomic E-state index is 11.0. The zero-order valence-corrected chi connectivity index (χ0v) is 9.66. The van der Waals surface area contributed by atoms with Crippen molar-refractivity contribution in [2.45, 2.75) is 18.8 Å². The number of amides is 1. The normalized spacial score (nSPS) is 12.2. The highest BCUT2D eigenvalue weighted by atomic mass is 35.5. The molecule has 0 aliphatic heterocycles. The number of carboxylic acid groups (broad SMARTS) is 1. The minimum atomic E-state index is -1.08. The van der Waals surface area contributed by atoms with Gasteiger partial charge < -0.3 is 5.11 Å². The Morgan fingerprint density at radius 1 is 1.60 bits per heavy atom. The second-order valence-electron chi connectivity index (χ2n) is 2.98. The maximum atomic E-state index is 11.0. The molecule has 1 atom stereocenters. The van der Waals surface area contributed by atoms with Crippen LogP contribution in [-0.2, 0) is 0 Å². The fourth-order valence-corrected chi connectivity index (χ4v) is 1.58. The minimum absolute atomic E-state index is 0.483. The topological polar surface area (TPSA) is 40.5 Å². The minimum Gasteiger partial charge on any atom is -0.465 e. The van der Waals surface area contributed by atoms with Crippen molar-refractivity contribution in [2.24, 2.45) is 0 Å². The van der Waals surface area contributed by atoms with E-state index in [9.17, 15) is 4.79 Å². The Bertz CT molecular complexity index is 357. The molecule has 0 saturated heterocycles. The smallest absolute Gasteiger partial charge is 0.413 e. The summed E-state index contributed by atoms with van der Waals surface area (Å²) in [6, 6.07) is 6.60. The summed E-state index contributed by atoms with van der Waals surface area (Å²) in [7, 11) is 0. The van der Waals surface area contributed by atoms with Gasteiger partial charge in [0.2, 0.25) is 0 Å². The molecule has 0 fully saturated rings. The van der Waals surface area contributed by atoms with Gasteiger partial charge in [0.15, 0.2) is 0 Å². The van der Waals surface area contributed by atoms with Crippen molar-refractivity contribution < 1.29 is 9.90 Å². The highest BCUT2D eigenvalue weighted by Gasteiger charge is 2.21. The quantitative estimate of drug-likeness (QED) is 0.652. The van der Waals surface area contributed by atoms with Gasteiger partial charge in [-0.05, 0) is 24.6 Å². The molecule has 0 aliphatic carbocycles. The molecule has 1 aromatic rings. The van der Waals surface area contributed by atoms with Crippen LogP contribution in [0.2, 0.25) is 5.02 Å². The number of benzene rings is 1. The molecule has 1 N–H and O–H groups in total. The number of carbonyl (C=O) groups is 1. The van der Waals surface area contributed by atoms with Crippen molar-refractivity contribution >= 4 is 35.0 Å². The molecule has 82 valence electrons. The monoisotopic (exact) mass is 247 g/mol. The standard InChI is InChI=1S/C10H11Cl2NO2/c1-2-9(12)13(10(14)15)8-5-3-4-7(11)6-8/h3-6,9H,2H2,1H3,(H,14,15). The lowest BCUT2D eigenvalue weighted by Gasteiger charge is -2.23. The second kappa shape index (κ2) is 5.24. The summed E-state index contributed by atoms with van der Waals surface area (Å²) in [6.45, 7) is 1.82. The first-order valence-corrected chi connectivity index (χ1v) is 5.29. The summed E-state index contributed by atoms with van der Waals surface area (Å²) in [6.07, 6.45) is -0.556. The van der Waals surface area contributed by atoms with E-state index in [1.807, 2.05) is 6.92 Å². The Kier molecular flexibility index (Phi) is 4.24. The molecule has 0 saturated carbocycles. The Labute approximate surface area is 98.2 Å². The van der Waals surface area contributed by atoms with Crippen LogP contribution < -0.4 is 4.90 Å². The molecule has 5 heteroatoms. The Morgan fingerprint density at radius 3 is 2.73 bits per heavy atom. The van der Waals surface area contributed by atoms with E-state index in [0.29, 0.717) is 17.1 Å². The largest absolute Gasteiger partial charge is 0.465 e. The first-order valence-electron chi connectivity index (χ1n) is 4.48. The summed E-state index contributed by atoms with van der Waals surface area (Å²) in [5.74, 6) is 0. The van der Waals surface area contributed by atoms with E-state index in [-0.39, 0.29) is 0 Å². The van der Waals surface area contributed by atoms with Crippen LogP contribution >= 0.6 is 23.2 Å². The maximum Gasteiger partial charge on any atom is 0.413 e. The third kappa shape index (κ3) is 3.01. The van der Waals surface area contributed by atoms with Crippen LogP contribution in [0.15, 0.2) is 24.3 Å². The molecule has 1 aromatic carbocycles. The molecule has 1 rings (SSSR count). The van der Waals surface area contributed by atoms with Gasteiger partial charge in [-0.2, -0.15) is 0 Å². The van der Waals surface area contributed by atoms with E-state index in [1.54, 1.807) is 24.3 Å². The number of hydrogen-bond donors (Lipinski definition) is 1. The summed E-state index contributed by atoms with van der Waals surface area (Å²) < 4.78 is 0. The third-order valence-corrected chi connectivity index (χ3v) is 2.65. The summed E-state index contributed by atoms with van der Waals surface area (Å²) in [4.78, 5) is 12.1. The SMILES string of the molecule is CCC(Cl)N(C(=O)O)c1cccc(Cl)c1. The van der Waals surface area contributed by atoms with Gasteiger partial charge in [-0.15, -0.1) is 0 Å². The molecule has 0 radical (unpaired) electrons. The predicted octanol–water partition coefficient (Wildman–Crippen LogP) is 3.80. The van der Waals surface area contributed by atoms with Crippen molar-refractivity contribution in [3.8, 4) is 0 Å². The molecule has 0 heterocycles. The molecular formula is C10H11Cl2NO2. The van der Waals surface area contributed by atoms with E-state index in [0.717, 1.165) is 4.90 Å².